The molecular formula is C94H90N2O8P2. The monoisotopic (exact) mass is 1440 g/mol. The summed E-state index contributed by atoms with van der Waals surface area (Å²) in [7, 11) is -5.05. The Labute approximate surface area is 628 Å². The fourth-order valence-corrected chi connectivity index (χ4v) is 16.1. The average molecular weight is 1440 g/mol. The second kappa shape index (κ2) is 39.2. The number of anilines is 6. The number of hydrogen-bond donors (Lipinski definition) is 0. The van der Waals surface area contributed by atoms with Crippen LogP contribution in [0.25, 0.3) is 46.5 Å². The van der Waals surface area contributed by atoms with Gasteiger partial charge in [0, 0.05) is 40.0 Å². The van der Waals surface area contributed by atoms with Gasteiger partial charge in [-0.3, -0.25) is 9.13 Å². The van der Waals surface area contributed by atoms with E-state index < -0.39 is 15.2 Å². The van der Waals surface area contributed by atoms with Gasteiger partial charge in [-0.05, 0) is 185 Å². The van der Waals surface area contributed by atoms with Crippen LogP contribution in [0.15, 0.2) is 352 Å². The van der Waals surface area contributed by atoms with Gasteiger partial charge < -0.3 is 32.8 Å². The summed E-state index contributed by atoms with van der Waals surface area (Å²) in [5.74, 6) is 0.778. The van der Waals surface area contributed by atoms with Crippen molar-refractivity contribution < 1.29 is 39.7 Å². The summed E-state index contributed by atoms with van der Waals surface area (Å²) >= 11 is 0. The van der Waals surface area contributed by atoms with Gasteiger partial charge in [0.15, 0.2) is 5.75 Å². The van der Waals surface area contributed by atoms with E-state index in [1.54, 1.807) is 27.7 Å². The van der Waals surface area contributed by atoms with Gasteiger partial charge in [0.1, 0.15) is 0 Å². The third-order valence-electron chi connectivity index (χ3n) is 17.3. The van der Waals surface area contributed by atoms with Gasteiger partial charge in [0.2, 0.25) is 0 Å². The largest absolute Gasteiger partial charge is 0.338 e. The summed E-state index contributed by atoms with van der Waals surface area (Å²) in [6.07, 6.45) is 4.21. The van der Waals surface area contributed by atoms with E-state index in [1.165, 1.54) is 23.8 Å². The maximum Gasteiger partial charge on any atom is 0.335 e. The van der Waals surface area contributed by atoms with Crippen LogP contribution in [0.3, 0.4) is 0 Å². The highest BCUT2D eigenvalue weighted by molar-refractivity contribution is 7.53. The molecule has 106 heavy (non-hydrogen) atoms. The maximum absolute atomic E-state index is 13.1. The lowest BCUT2D eigenvalue weighted by Gasteiger charge is -2.25. The van der Waals surface area contributed by atoms with Gasteiger partial charge in [0.25, 0.3) is 0 Å². The third kappa shape index (κ3) is 20.9. The number of hydrogen-bond acceptors (Lipinski definition) is 10. The average Bonchev–Trinajstić information content (AvgIpc) is 0.805. The van der Waals surface area contributed by atoms with Crippen molar-refractivity contribution in [3.05, 3.63) is 402 Å². The Bertz CT molecular complexity index is 4690. The first kappa shape index (κ1) is 73.3. The minimum absolute atomic E-state index is 0.105. The predicted octanol–water partition coefficient (Wildman–Crippen LogP) is 26.3. The smallest absolute Gasteiger partial charge is 0.335 e. The molecule has 0 fully saturated rings. The molecule has 13 rings (SSSR count). The van der Waals surface area contributed by atoms with Gasteiger partial charge in [0.05, 0.1) is 48.6 Å². The lowest BCUT2D eigenvalue weighted by molar-refractivity contribution is -0.178. The molecule has 0 unspecified atom stereocenters. The first-order valence-electron chi connectivity index (χ1n) is 36.8. The van der Waals surface area contributed by atoms with Crippen molar-refractivity contribution in [2.75, 3.05) is 43.3 Å². The van der Waals surface area contributed by atoms with E-state index in [4.69, 9.17) is 25.7 Å². The van der Waals surface area contributed by atoms with Gasteiger partial charge in [-0.15, -0.1) is 0 Å². The quantitative estimate of drug-likeness (QED) is 0.0148. The summed E-state index contributed by atoms with van der Waals surface area (Å²) in [5, 5.41) is 0. The molecule has 13 aromatic rings. The van der Waals surface area contributed by atoms with Crippen LogP contribution >= 0.6 is 15.2 Å². The highest BCUT2D eigenvalue weighted by Gasteiger charge is 2.29. The molecule has 0 aliphatic rings. The van der Waals surface area contributed by atoms with Crippen LogP contribution in [0, 0.1) is 0 Å². The summed E-state index contributed by atoms with van der Waals surface area (Å²) in [5.41, 5.74) is 19.2. The molecule has 0 saturated carbocycles. The molecule has 0 heterocycles. The zero-order valence-corrected chi connectivity index (χ0v) is 62.3. The van der Waals surface area contributed by atoms with E-state index in [9.17, 15) is 9.13 Å². The van der Waals surface area contributed by atoms with Crippen molar-refractivity contribution in [1.82, 2.24) is 0 Å². The molecule has 0 aliphatic heterocycles. The van der Waals surface area contributed by atoms with E-state index in [2.05, 4.69) is 185 Å². The first-order chi connectivity index (χ1) is 52.9. The van der Waals surface area contributed by atoms with Crippen LogP contribution in [-0.2, 0) is 44.4 Å². The van der Waals surface area contributed by atoms with Crippen LogP contribution in [0.1, 0.15) is 86.4 Å². The minimum Gasteiger partial charge on any atom is -0.338 e. The number of rotatable bonds is 29. The van der Waals surface area contributed by atoms with Crippen molar-refractivity contribution >= 4 is 73.6 Å². The highest BCUT2D eigenvalue weighted by Crippen LogP contribution is 2.55. The molecule has 12 heteroatoms. The van der Waals surface area contributed by atoms with E-state index in [-0.39, 0.29) is 18.2 Å². The Hall–Kier alpha value is -11.0. The van der Waals surface area contributed by atoms with E-state index >= 15 is 0 Å². The van der Waals surface area contributed by atoms with E-state index in [1.807, 2.05) is 194 Å². The Morgan fingerprint density at radius 1 is 0.321 bits per heavy atom. The SMILES string of the molecule is CCOP(=O)(Cc1ccccc1-c1ccccc1CP(=O)(OCC)OCC)OCC.COOc1ccc(N(c2ccccc2)c2ccccc2)cc1.[2H]/C(=C/c1ccccc1-c1ccccc1/C=C(/[2H])c1ccc(N(c2ccccc2)c2ccccc2)cc1)c1ccc(C(c2ccccc2)c2ccccc2)cc1. The van der Waals surface area contributed by atoms with E-state index in [0.717, 1.165) is 89.8 Å². The molecule has 13 aromatic carbocycles. The molecule has 0 radical (unpaired) electrons. The Balaban J connectivity index is 0.000000186. The normalized spacial score (nSPS) is 11.8. The maximum atomic E-state index is 13.1. The zero-order valence-electron chi connectivity index (χ0n) is 62.5. The number of para-hydroxylation sites is 4. The van der Waals surface area contributed by atoms with Crippen LogP contribution in [0.4, 0.5) is 34.1 Å². The molecule has 0 atom stereocenters. The number of benzene rings is 13. The molecular weight excluding hydrogens is 1350 g/mol. The molecule has 0 aliphatic carbocycles. The fraction of sp³-hybridized carbons (Fsp3) is 0.128. The van der Waals surface area contributed by atoms with Gasteiger partial charge in [-0.2, -0.15) is 4.89 Å². The highest BCUT2D eigenvalue weighted by atomic mass is 31.2. The van der Waals surface area contributed by atoms with Gasteiger partial charge in [-0.25, -0.2) is 0 Å². The second-order valence-corrected chi connectivity index (χ2v) is 28.6. The minimum atomic E-state index is -3.27. The van der Waals surface area contributed by atoms with Gasteiger partial charge >= 0.3 is 15.2 Å². The lowest BCUT2D eigenvalue weighted by Crippen LogP contribution is -2.09. The van der Waals surface area contributed by atoms with Crippen molar-refractivity contribution in [3.8, 4) is 28.0 Å². The molecule has 0 aromatic heterocycles. The van der Waals surface area contributed by atoms with Gasteiger partial charge in [-0.1, -0.05) is 291 Å². The molecule has 0 N–H and O–H groups in total. The van der Waals surface area contributed by atoms with Crippen molar-refractivity contribution in [2.45, 2.75) is 45.9 Å². The van der Waals surface area contributed by atoms with Crippen molar-refractivity contribution in [1.29, 1.82) is 0 Å². The topological polar surface area (TPSA) is 96.0 Å². The molecule has 0 saturated heterocycles. The third-order valence-corrected chi connectivity index (χ3v) is 21.4. The van der Waals surface area contributed by atoms with Crippen LogP contribution in [0.2, 0.25) is 0 Å². The number of nitrogens with zero attached hydrogens (tertiary/aromatic N) is 2. The summed E-state index contributed by atoms with van der Waals surface area (Å²) in [6.45, 7) is 8.42. The van der Waals surface area contributed by atoms with E-state index in [0.29, 0.717) is 44.3 Å². The molecule has 10 nitrogen and oxygen atoms in total. The lowest BCUT2D eigenvalue weighted by atomic mass is 9.85. The Morgan fingerprint density at radius 3 is 0.934 bits per heavy atom. The standard InChI is InChI=1S/C53H41N.C22H32O6P2.C19H17NO2/c1-5-19-45(20-6-1)53(46-21-7-2-8-22-46)47-37-31-41(32-38-47)29-35-43-17-13-15-27-51(43)52-28-16-14-18-44(52)36-30-42-33-39-50(40-34-42)54(48-23-9-3-10-24-48)49-25-11-4-12-26-49;1-5-25-29(23,26-6-2)17-19-13-9-11-15-21(19)22-16-12-10-14-20(22)18-30(24,27-7-3)28-8-4;1-21-22-19-14-12-18(13-15-19)20(16-8-4-2-5-9-16)17-10-6-3-7-11-17/h1-40,53H;9-16H,5-8,17-18H2,1-4H3;2-15H,1H3/b35-29-,36-30-;;/i29D,30D;;. The Kier molecular flexibility index (Phi) is 27.1. The van der Waals surface area contributed by atoms with Crippen molar-refractivity contribution in [3.63, 3.8) is 0 Å². The first-order valence-corrected chi connectivity index (χ1v) is 39.3. The zero-order chi connectivity index (χ0) is 75.3. The predicted molar refractivity (Wildman–Crippen MR) is 441 cm³/mol. The molecule has 0 spiro atoms. The van der Waals surface area contributed by atoms with Crippen LogP contribution in [-0.4, -0.2) is 33.5 Å². The molecule has 0 amide bonds. The summed E-state index contributed by atoms with van der Waals surface area (Å²) in [4.78, 5) is 14.1. The van der Waals surface area contributed by atoms with Crippen LogP contribution in [0.5, 0.6) is 5.75 Å². The fourth-order valence-electron chi connectivity index (χ4n) is 12.7. The summed E-state index contributed by atoms with van der Waals surface area (Å²) < 4.78 is 66.5. The summed E-state index contributed by atoms with van der Waals surface area (Å²) in [6, 6.07) is 119. The molecule has 534 valence electrons. The molecule has 0 bridgehead atoms. The second-order valence-electron chi connectivity index (χ2n) is 24.5. The van der Waals surface area contributed by atoms with Crippen LogP contribution < -0.4 is 14.7 Å². The Morgan fingerprint density at radius 2 is 0.594 bits per heavy atom. The van der Waals surface area contributed by atoms with Crippen molar-refractivity contribution in [2.24, 2.45) is 0 Å².